The number of benzene rings is 1. The van der Waals surface area contributed by atoms with Crippen LogP contribution in [0.15, 0.2) is 41.1 Å². The van der Waals surface area contributed by atoms with Gasteiger partial charge in [-0.25, -0.2) is 4.98 Å². The quantitative estimate of drug-likeness (QED) is 0.875. The first kappa shape index (κ1) is 10.4. The van der Waals surface area contributed by atoms with Crippen molar-refractivity contribution in [2.75, 3.05) is 13.2 Å². The first-order valence-electron chi connectivity index (χ1n) is 5.77. The molecule has 2 aromatic rings. The minimum atomic E-state index is 0.0986. The Morgan fingerprint density at radius 3 is 3.12 bits per heavy atom. The van der Waals surface area contributed by atoms with Gasteiger partial charge in [0.25, 0.3) is 0 Å². The van der Waals surface area contributed by atoms with Gasteiger partial charge in [-0.1, -0.05) is 18.2 Å². The van der Waals surface area contributed by atoms with Gasteiger partial charge in [0, 0.05) is 13.0 Å². The molecule has 1 atom stereocenters. The van der Waals surface area contributed by atoms with Crippen molar-refractivity contribution in [3.8, 4) is 5.75 Å². The van der Waals surface area contributed by atoms with Crippen LogP contribution < -0.4 is 10.1 Å². The first-order valence-corrected chi connectivity index (χ1v) is 5.77. The Morgan fingerprint density at radius 1 is 1.35 bits per heavy atom. The maximum Gasteiger partial charge on any atom is 0.181 e. The molecule has 0 radical (unpaired) electrons. The van der Waals surface area contributed by atoms with Gasteiger partial charge in [0.05, 0.1) is 5.69 Å². The Labute approximate surface area is 99.6 Å². The minimum Gasteiger partial charge on any atom is -0.491 e. The Morgan fingerprint density at radius 2 is 2.24 bits per heavy atom. The summed E-state index contributed by atoms with van der Waals surface area (Å²) >= 11 is 0. The number of fused-ring (bicyclic) bond motifs is 1. The molecule has 3 rings (SSSR count). The number of rotatable bonds is 3. The summed E-state index contributed by atoms with van der Waals surface area (Å²) in [5.74, 6) is 1.79. The van der Waals surface area contributed by atoms with Gasteiger partial charge in [0.2, 0.25) is 0 Å². The van der Waals surface area contributed by atoms with E-state index in [1.165, 1.54) is 6.39 Å². The van der Waals surface area contributed by atoms with Crippen molar-refractivity contribution in [2.24, 2.45) is 0 Å². The Kier molecular flexibility index (Phi) is 2.80. The van der Waals surface area contributed by atoms with E-state index in [9.17, 15) is 0 Å². The largest absolute Gasteiger partial charge is 0.491 e. The molecule has 0 bridgehead atoms. The van der Waals surface area contributed by atoms with Gasteiger partial charge in [0.1, 0.15) is 24.2 Å². The summed E-state index contributed by atoms with van der Waals surface area (Å²) in [4.78, 5) is 4.20. The van der Waals surface area contributed by atoms with E-state index < -0.39 is 0 Å². The zero-order valence-electron chi connectivity index (χ0n) is 9.43. The van der Waals surface area contributed by atoms with Crippen molar-refractivity contribution in [1.29, 1.82) is 0 Å². The van der Waals surface area contributed by atoms with E-state index >= 15 is 0 Å². The Bertz CT molecular complexity index is 481. The molecule has 0 saturated carbocycles. The molecule has 0 fully saturated rings. The number of ether oxygens (including phenoxy) is 1. The third-order valence-corrected chi connectivity index (χ3v) is 2.90. The minimum absolute atomic E-state index is 0.0986. The summed E-state index contributed by atoms with van der Waals surface area (Å²) in [6.07, 6.45) is 2.43. The van der Waals surface area contributed by atoms with Crippen molar-refractivity contribution in [3.05, 3.63) is 48.2 Å². The van der Waals surface area contributed by atoms with Gasteiger partial charge >= 0.3 is 0 Å². The highest BCUT2D eigenvalue weighted by Gasteiger charge is 2.24. The molecule has 1 aliphatic rings. The Hall–Kier alpha value is -1.81. The number of nitrogens with one attached hydrogen (secondary N) is 1. The van der Waals surface area contributed by atoms with Crippen molar-refractivity contribution in [3.63, 3.8) is 0 Å². The summed E-state index contributed by atoms with van der Waals surface area (Å²) in [6, 6.07) is 9.89. The molecule has 1 unspecified atom stereocenters. The van der Waals surface area contributed by atoms with Crippen LogP contribution in [0.2, 0.25) is 0 Å². The van der Waals surface area contributed by atoms with Gasteiger partial charge in [-0.15, -0.1) is 0 Å². The monoisotopic (exact) mass is 230 g/mol. The maximum atomic E-state index is 5.72. The molecule has 17 heavy (non-hydrogen) atoms. The van der Waals surface area contributed by atoms with Crippen molar-refractivity contribution < 1.29 is 9.15 Å². The number of hydrogen-bond donors (Lipinski definition) is 1. The summed E-state index contributed by atoms with van der Waals surface area (Å²) in [6.45, 7) is 1.48. The van der Waals surface area contributed by atoms with Crippen LogP contribution in [0.5, 0.6) is 5.75 Å². The van der Waals surface area contributed by atoms with Crippen LogP contribution in [0, 0.1) is 0 Å². The summed E-state index contributed by atoms with van der Waals surface area (Å²) < 4.78 is 11.1. The SMILES string of the molecule is c1ccc(OCC2NCCc3ncoc32)cc1. The number of hydrogen-bond acceptors (Lipinski definition) is 4. The van der Waals surface area contributed by atoms with E-state index in [-0.39, 0.29) is 6.04 Å². The lowest BCUT2D eigenvalue weighted by atomic mass is 10.1. The van der Waals surface area contributed by atoms with E-state index in [4.69, 9.17) is 9.15 Å². The highest BCUT2D eigenvalue weighted by molar-refractivity contribution is 5.22. The van der Waals surface area contributed by atoms with E-state index in [0.717, 1.165) is 30.2 Å². The second-order valence-corrected chi connectivity index (χ2v) is 4.04. The number of oxazole rings is 1. The van der Waals surface area contributed by atoms with Crippen LogP contribution in [0.25, 0.3) is 0 Å². The van der Waals surface area contributed by atoms with Gasteiger partial charge in [0.15, 0.2) is 6.39 Å². The molecule has 1 aromatic heterocycles. The molecule has 4 heteroatoms. The lowest BCUT2D eigenvalue weighted by molar-refractivity contribution is 0.239. The van der Waals surface area contributed by atoms with Crippen molar-refractivity contribution in [2.45, 2.75) is 12.5 Å². The predicted molar refractivity (Wildman–Crippen MR) is 62.9 cm³/mol. The lowest BCUT2D eigenvalue weighted by Crippen LogP contribution is -2.33. The second-order valence-electron chi connectivity index (χ2n) is 4.04. The highest BCUT2D eigenvalue weighted by Crippen LogP contribution is 2.22. The fourth-order valence-electron chi connectivity index (χ4n) is 2.04. The van der Waals surface area contributed by atoms with Crippen molar-refractivity contribution in [1.82, 2.24) is 10.3 Å². The average Bonchev–Trinajstić information content (AvgIpc) is 2.86. The zero-order chi connectivity index (χ0) is 11.5. The molecule has 0 aliphatic carbocycles. The average molecular weight is 230 g/mol. The third kappa shape index (κ3) is 2.17. The van der Waals surface area contributed by atoms with Gasteiger partial charge < -0.3 is 14.5 Å². The second kappa shape index (κ2) is 4.59. The molecule has 0 saturated heterocycles. The third-order valence-electron chi connectivity index (χ3n) is 2.90. The van der Waals surface area contributed by atoms with Gasteiger partial charge in [-0.2, -0.15) is 0 Å². The standard InChI is InChI=1S/C13H14N2O2/c1-2-4-10(5-3-1)16-8-12-13-11(6-7-14-12)15-9-17-13/h1-5,9,12,14H,6-8H2. The summed E-state index contributed by atoms with van der Waals surface area (Å²) in [5, 5.41) is 3.37. The van der Waals surface area contributed by atoms with E-state index in [2.05, 4.69) is 10.3 Å². The summed E-state index contributed by atoms with van der Waals surface area (Å²) in [5.41, 5.74) is 1.05. The molecule has 88 valence electrons. The smallest absolute Gasteiger partial charge is 0.181 e. The van der Waals surface area contributed by atoms with Crippen molar-refractivity contribution >= 4 is 0 Å². The molecule has 1 aliphatic heterocycles. The topological polar surface area (TPSA) is 47.3 Å². The normalized spacial score (nSPS) is 18.7. The van der Waals surface area contributed by atoms with Crippen LogP contribution >= 0.6 is 0 Å². The highest BCUT2D eigenvalue weighted by atomic mass is 16.5. The molecule has 2 heterocycles. The van der Waals surface area contributed by atoms with E-state index in [1.54, 1.807) is 0 Å². The molecular formula is C13H14N2O2. The fourth-order valence-corrected chi connectivity index (χ4v) is 2.04. The molecule has 1 aromatic carbocycles. The summed E-state index contributed by atoms with van der Waals surface area (Å²) in [7, 11) is 0. The lowest BCUT2D eigenvalue weighted by Gasteiger charge is -2.21. The zero-order valence-corrected chi connectivity index (χ0v) is 9.43. The van der Waals surface area contributed by atoms with E-state index in [1.807, 2.05) is 30.3 Å². The molecular weight excluding hydrogens is 216 g/mol. The van der Waals surface area contributed by atoms with Crippen LogP contribution in [0.4, 0.5) is 0 Å². The number of para-hydroxylation sites is 1. The molecule has 0 amide bonds. The predicted octanol–water partition coefficient (Wildman–Crippen LogP) is 1.94. The maximum absolute atomic E-state index is 5.72. The molecule has 0 spiro atoms. The number of nitrogens with zero attached hydrogens (tertiary/aromatic N) is 1. The van der Waals surface area contributed by atoms with Crippen LogP contribution in [0.1, 0.15) is 17.5 Å². The first-order chi connectivity index (χ1) is 8.43. The van der Waals surface area contributed by atoms with Crippen LogP contribution in [-0.2, 0) is 6.42 Å². The van der Waals surface area contributed by atoms with Gasteiger partial charge in [-0.3, -0.25) is 0 Å². The Balaban J connectivity index is 1.68. The molecule has 1 N–H and O–H groups in total. The molecule has 4 nitrogen and oxygen atoms in total. The van der Waals surface area contributed by atoms with Crippen LogP contribution in [-0.4, -0.2) is 18.1 Å². The van der Waals surface area contributed by atoms with Gasteiger partial charge in [-0.05, 0) is 12.1 Å². The van der Waals surface area contributed by atoms with E-state index in [0.29, 0.717) is 6.61 Å². The fraction of sp³-hybridized carbons (Fsp3) is 0.308. The van der Waals surface area contributed by atoms with Crippen LogP contribution in [0.3, 0.4) is 0 Å². The number of aromatic nitrogens is 1.